The summed E-state index contributed by atoms with van der Waals surface area (Å²) in [4.78, 5) is 24.1. The molecule has 0 unspecified atom stereocenters. The van der Waals surface area contributed by atoms with Gasteiger partial charge in [-0.2, -0.15) is 28.1 Å². The minimum atomic E-state index is -5.08. The molecule has 2 heterocycles. The van der Waals surface area contributed by atoms with Crippen molar-refractivity contribution in [3.05, 3.63) is 0 Å². The fraction of sp³-hybridized carbons (Fsp3) is 0.500. The fourth-order valence-electron chi connectivity index (χ4n) is 1.29. The summed E-state index contributed by atoms with van der Waals surface area (Å²) in [6, 6.07) is 0.584. The molecule has 12 heteroatoms. The minimum absolute atomic E-state index is 0.0349. The Morgan fingerprint density at radius 1 is 1.38 bits per heavy atom. The Morgan fingerprint density at radius 2 is 1.96 bits per heavy atom. The Bertz CT molecular complexity index is 704. The molecule has 0 saturated carbocycles. The molecule has 2 aromatic rings. The van der Waals surface area contributed by atoms with Crippen LogP contribution in [0.15, 0.2) is 0 Å². The van der Waals surface area contributed by atoms with Crippen LogP contribution in [0.2, 0.25) is 0 Å². The van der Waals surface area contributed by atoms with Crippen molar-refractivity contribution in [1.29, 1.82) is 0 Å². The zero-order chi connectivity index (χ0) is 18.5. The minimum Gasteiger partial charge on any atom is -0.475 e. The van der Waals surface area contributed by atoms with Crippen LogP contribution in [0.5, 0.6) is 12.0 Å². The molecule has 24 heavy (non-hydrogen) atoms. The highest BCUT2D eigenvalue weighted by Gasteiger charge is 2.38. The van der Waals surface area contributed by atoms with Crippen LogP contribution < -0.4 is 15.2 Å². The summed E-state index contributed by atoms with van der Waals surface area (Å²) in [5.74, 6) is -2.46. The van der Waals surface area contributed by atoms with E-state index in [2.05, 4.69) is 19.9 Å². The molecule has 1 atom stereocenters. The van der Waals surface area contributed by atoms with Crippen LogP contribution in [0, 0.1) is 0 Å². The Labute approximate surface area is 134 Å². The summed E-state index contributed by atoms with van der Waals surface area (Å²) in [6.07, 6.45) is -4.18. The predicted octanol–water partition coefficient (Wildman–Crippen LogP) is 1.75. The number of nitrogens with one attached hydrogen (secondary N) is 1. The number of nitrogens with zero attached hydrogens (tertiary/aromatic N) is 3. The van der Waals surface area contributed by atoms with Crippen LogP contribution in [-0.2, 0) is 4.79 Å². The van der Waals surface area contributed by atoms with Crippen molar-refractivity contribution in [3.63, 3.8) is 0 Å². The number of carboxylic acid groups (broad SMARTS) is 1. The van der Waals surface area contributed by atoms with Crippen LogP contribution in [0.25, 0.3) is 11.2 Å². The zero-order valence-electron chi connectivity index (χ0n) is 13.0. The number of hydrogen-bond donors (Lipinski definition) is 3. The Kier molecular flexibility index (Phi) is 6.14. The monoisotopic (exact) mass is 351 g/mol. The number of imidazole rings is 1. The van der Waals surface area contributed by atoms with Gasteiger partial charge in [-0.15, -0.1) is 0 Å². The van der Waals surface area contributed by atoms with Gasteiger partial charge in [0.05, 0.1) is 13.2 Å². The van der Waals surface area contributed by atoms with Gasteiger partial charge in [-0.05, 0) is 13.3 Å². The quantitative estimate of drug-likeness (QED) is 0.758. The number of rotatable bonds is 4. The Hall–Kier alpha value is -2.79. The topological polar surface area (TPSA) is 136 Å². The normalized spacial score (nSPS) is 12.2. The van der Waals surface area contributed by atoms with E-state index in [1.165, 1.54) is 7.11 Å². The van der Waals surface area contributed by atoms with Crippen LogP contribution in [0.3, 0.4) is 0 Å². The maximum absolute atomic E-state index is 10.6. The first kappa shape index (κ1) is 19.3. The number of aromatic nitrogens is 4. The number of nitrogen functional groups attached to an aromatic ring is 1. The third-order valence-electron chi connectivity index (χ3n) is 2.65. The molecule has 0 radical (unpaired) electrons. The molecule has 0 bridgehead atoms. The van der Waals surface area contributed by atoms with Crippen LogP contribution in [0.4, 0.5) is 19.0 Å². The molecule has 4 N–H and O–H groups in total. The van der Waals surface area contributed by atoms with E-state index in [0.717, 1.165) is 6.42 Å². The fourth-order valence-corrected chi connectivity index (χ4v) is 1.29. The number of carboxylic acids is 1. The van der Waals surface area contributed by atoms with Crippen molar-refractivity contribution in [2.75, 3.05) is 12.8 Å². The summed E-state index contributed by atoms with van der Waals surface area (Å²) in [6.45, 7) is 3.96. The molecule has 0 amide bonds. The number of aromatic amines is 1. The van der Waals surface area contributed by atoms with Gasteiger partial charge in [0.1, 0.15) is 5.52 Å². The lowest BCUT2D eigenvalue weighted by Crippen LogP contribution is -2.21. The molecule has 0 aliphatic rings. The number of anilines is 1. The van der Waals surface area contributed by atoms with E-state index in [4.69, 9.17) is 25.1 Å². The molecule has 0 aromatic carbocycles. The molecule has 2 aromatic heterocycles. The lowest BCUT2D eigenvalue weighted by atomic mass is 10.3. The predicted molar refractivity (Wildman–Crippen MR) is 76.7 cm³/mol. The van der Waals surface area contributed by atoms with E-state index < -0.39 is 12.1 Å². The molecular formula is C12H16F3N5O4. The number of nitrogens with two attached hydrogens (primary N) is 1. The first-order chi connectivity index (χ1) is 11.1. The first-order valence-electron chi connectivity index (χ1n) is 6.62. The van der Waals surface area contributed by atoms with Gasteiger partial charge in [0.15, 0.2) is 11.5 Å². The van der Waals surface area contributed by atoms with Gasteiger partial charge in [-0.1, -0.05) is 6.92 Å². The van der Waals surface area contributed by atoms with E-state index >= 15 is 0 Å². The summed E-state index contributed by atoms with van der Waals surface area (Å²) in [5, 5.41) is 7.12. The van der Waals surface area contributed by atoms with E-state index in [1.54, 1.807) is 0 Å². The number of alkyl halides is 3. The number of H-pyrrole nitrogens is 1. The number of carbonyl (C=O) groups is 1. The molecule has 0 aliphatic heterocycles. The molecule has 0 spiro atoms. The van der Waals surface area contributed by atoms with E-state index in [-0.39, 0.29) is 12.1 Å². The first-order valence-corrected chi connectivity index (χ1v) is 6.62. The molecule has 9 nitrogen and oxygen atoms in total. The van der Waals surface area contributed by atoms with Crippen molar-refractivity contribution < 1.29 is 32.5 Å². The lowest BCUT2D eigenvalue weighted by Gasteiger charge is -2.10. The van der Waals surface area contributed by atoms with Crippen molar-refractivity contribution in [3.8, 4) is 12.0 Å². The van der Waals surface area contributed by atoms with Crippen LogP contribution in [-0.4, -0.2) is 50.4 Å². The number of hydrogen-bond acceptors (Lipinski definition) is 7. The second kappa shape index (κ2) is 7.66. The number of aliphatic carboxylic acids is 1. The van der Waals surface area contributed by atoms with Crippen LogP contribution >= 0.6 is 0 Å². The lowest BCUT2D eigenvalue weighted by molar-refractivity contribution is -0.192. The third kappa shape index (κ3) is 5.14. The van der Waals surface area contributed by atoms with Gasteiger partial charge in [-0.25, -0.2) is 4.79 Å². The summed E-state index contributed by atoms with van der Waals surface area (Å²) in [5.41, 5.74) is 6.78. The van der Waals surface area contributed by atoms with Crippen molar-refractivity contribution >= 4 is 23.0 Å². The number of fused-ring (bicyclic) bond motifs is 1. The molecular weight excluding hydrogens is 335 g/mol. The molecule has 2 rings (SSSR count). The Balaban J connectivity index is 0.000000351. The summed E-state index contributed by atoms with van der Waals surface area (Å²) in [7, 11) is 1.51. The third-order valence-corrected chi connectivity index (χ3v) is 2.65. The maximum Gasteiger partial charge on any atom is 0.490 e. The molecule has 0 saturated heterocycles. The largest absolute Gasteiger partial charge is 0.490 e. The van der Waals surface area contributed by atoms with Crippen LogP contribution in [0.1, 0.15) is 20.3 Å². The van der Waals surface area contributed by atoms with Gasteiger partial charge in [0.25, 0.3) is 6.01 Å². The maximum atomic E-state index is 10.6. The highest BCUT2D eigenvalue weighted by atomic mass is 19.4. The van der Waals surface area contributed by atoms with E-state index in [1.807, 2.05) is 13.8 Å². The molecule has 0 aliphatic carbocycles. The smallest absolute Gasteiger partial charge is 0.475 e. The van der Waals surface area contributed by atoms with Gasteiger partial charge >= 0.3 is 18.2 Å². The Morgan fingerprint density at radius 3 is 2.42 bits per heavy atom. The van der Waals surface area contributed by atoms with Crippen molar-refractivity contribution in [1.82, 2.24) is 19.9 Å². The average molecular weight is 351 g/mol. The average Bonchev–Trinajstić information content (AvgIpc) is 2.90. The van der Waals surface area contributed by atoms with Gasteiger partial charge in [0.2, 0.25) is 0 Å². The number of halogens is 3. The van der Waals surface area contributed by atoms with Crippen molar-refractivity contribution in [2.24, 2.45) is 0 Å². The number of ether oxygens (including phenoxy) is 2. The SMILES string of the molecule is CC[C@H](C)Oc1nc(N)c2[nH]c(OC)nc2n1.O=C(O)C(F)(F)F. The standard InChI is InChI=1S/C10H15N5O2.C2HF3O2/c1-4-5(2)17-10-13-7(11)6-8(15-10)14-9(12-6)16-3;3-2(4,5)1(6)7/h5H,4H2,1-3H3,(H3,11,12,13,14,15);(H,6,7)/t5-;/m0./s1. The van der Waals surface area contributed by atoms with E-state index in [0.29, 0.717) is 23.0 Å². The summed E-state index contributed by atoms with van der Waals surface area (Å²) >= 11 is 0. The second-order valence-corrected chi connectivity index (χ2v) is 4.48. The highest BCUT2D eigenvalue weighted by molar-refractivity contribution is 5.82. The molecule has 0 fully saturated rings. The zero-order valence-corrected chi connectivity index (χ0v) is 13.0. The van der Waals surface area contributed by atoms with Crippen molar-refractivity contribution in [2.45, 2.75) is 32.5 Å². The highest BCUT2D eigenvalue weighted by Crippen LogP contribution is 2.21. The van der Waals surface area contributed by atoms with Gasteiger partial charge in [-0.3, -0.25) is 0 Å². The van der Waals surface area contributed by atoms with E-state index in [9.17, 15) is 13.2 Å². The summed E-state index contributed by atoms with van der Waals surface area (Å²) < 4.78 is 42.2. The van der Waals surface area contributed by atoms with Gasteiger partial charge in [0, 0.05) is 0 Å². The molecule has 134 valence electrons. The van der Waals surface area contributed by atoms with Gasteiger partial charge < -0.3 is 25.3 Å². The number of methoxy groups -OCH3 is 1. The second-order valence-electron chi connectivity index (χ2n) is 4.48.